The highest BCUT2D eigenvalue weighted by Gasteiger charge is 2.12. The molecule has 0 aliphatic carbocycles. The van der Waals surface area contributed by atoms with Crippen molar-refractivity contribution >= 4 is 40.9 Å². The summed E-state index contributed by atoms with van der Waals surface area (Å²) in [5.41, 5.74) is 3.39. The van der Waals surface area contributed by atoms with Gasteiger partial charge in [-0.25, -0.2) is 0 Å². The molecule has 1 N–H and O–H groups in total. The van der Waals surface area contributed by atoms with Gasteiger partial charge in [-0.15, -0.1) is 0 Å². The number of rotatable bonds is 3. The van der Waals surface area contributed by atoms with Crippen molar-refractivity contribution in [2.24, 2.45) is 0 Å². The summed E-state index contributed by atoms with van der Waals surface area (Å²) < 4.78 is 0. The molecule has 116 valence electrons. The van der Waals surface area contributed by atoms with Crippen LogP contribution in [0.2, 0.25) is 10.0 Å². The van der Waals surface area contributed by atoms with Gasteiger partial charge in [0.25, 0.3) is 5.91 Å². The van der Waals surface area contributed by atoms with Gasteiger partial charge in [-0.2, -0.15) is 5.26 Å². The average molecular weight is 345 g/mol. The summed E-state index contributed by atoms with van der Waals surface area (Å²) in [4.78, 5) is 12.3. The Kier molecular flexibility index (Phi) is 5.44. The Hall–Kier alpha value is -2.28. The van der Waals surface area contributed by atoms with E-state index in [-0.39, 0.29) is 5.57 Å². The van der Waals surface area contributed by atoms with Crippen molar-refractivity contribution in [3.05, 3.63) is 68.7 Å². The van der Waals surface area contributed by atoms with E-state index >= 15 is 0 Å². The van der Waals surface area contributed by atoms with Gasteiger partial charge in [0.2, 0.25) is 0 Å². The predicted molar refractivity (Wildman–Crippen MR) is 94.6 cm³/mol. The van der Waals surface area contributed by atoms with Gasteiger partial charge in [0, 0.05) is 5.02 Å². The summed E-state index contributed by atoms with van der Waals surface area (Å²) in [5, 5.41) is 12.6. The predicted octanol–water partition coefficient (Wildman–Crippen LogP) is 5.16. The van der Waals surface area contributed by atoms with Gasteiger partial charge in [0.05, 0.1) is 10.7 Å². The Balaban J connectivity index is 2.28. The SMILES string of the molecule is Cc1ccc(/C=C(\C#N)C(=O)Nc2cc(Cl)ccc2Cl)cc1C. The third kappa shape index (κ3) is 4.35. The van der Waals surface area contributed by atoms with Gasteiger partial charge in [-0.1, -0.05) is 41.4 Å². The van der Waals surface area contributed by atoms with Gasteiger partial charge in [-0.05, 0) is 54.8 Å². The zero-order valence-corrected chi connectivity index (χ0v) is 14.2. The highest BCUT2D eigenvalue weighted by atomic mass is 35.5. The smallest absolute Gasteiger partial charge is 0.266 e. The molecule has 0 unspecified atom stereocenters. The quantitative estimate of drug-likeness (QED) is 0.617. The Morgan fingerprint density at radius 1 is 1.13 bits per heavy atom. The zero-order valence-electron chi connectivity index (χ0n) is 12.7. The third-order valence-corrected chi connectivity index (χ3v) is 3.95. The highest BCUT2D eigenvalue weighted by molar-refractivity contribution is 6.36. The van der Waals surface area contributed by atoms with E-state index in [0.29, 0.717) is 15.7 Å². The first kappa shape index (κ1) is 17.1. The number of halogens is 2. The van der Waals surface area contributed by atoms with Crippen molar-refractivity contribution in [1.82, 2.24) is 0 Å². The third-order valence-electron chi connectivity index (χ3n) is 3.38. The first-order valence-electron chi connectivity index (χ1n) is 6.86. The number of nitriles is 1. The van der Waals surface area contributed by atoms with Crippen LogP contribution in [-0.2, 0) is 4.79 Å². The summed E-state index contributed by atoms with van der Waals surface area (Å²) in [6.07, 6.45) is 1.54. The first-order chi connectivity index (χ1) is 10.9. The lowest BCUT2D eigenvalue weighted by Crippen LogP contribution is -2.13. The maximum absolute atomic E-state index is 12.3. The highest BCUT2D eigenvalue weighted by Crippen LogP contribution is 2.26. The number of nitrogens with zero attached hydrogens (tertiary/aromatic N) is 1. The van der Waals surface area contributed by atoms with Gasteiger partial charge >= 0.3 is 0 Å². The van der Waals surface area contributed by atoms with Gasteiger partial charge in [0.15, 0.2) is 0 Å². The Labute approximate surface area is 145 Å². The second-order valence-electron chi connectivity index (χ2n) is 5.09. The number of aryl methyl sites for hydroxylation is 2. The lowest BCUT2D eigenvalue weighted by Gasteiger charge is -2.07. The molecule has 0 fully saturated rings. The molecule has 2 aromatic carbocycles. The molecule has 0 spiro atoms. The number of benzene rings is 2. The standard InChI is InChI=1S/C18H14Cl2N2O/c1-11-3-4-13(7-12(11)2)8-14(10-21)18(23)22-17-9-15(19)5-6-16(17)20/h3-9H,1-2H3,(H,22,23)/b14-8+. The minimum absolute atomic E-state index is 0.00991. The van der Waals surface area contributed by atoms with Crippen LogP contribution in [0.25, 0.3) is 6.08 Å². The monoisotopic (exact) mass is 344 g/mol. The summed E-state index contributed by atoms with van der Waals surface area (Å²) in [6, 6.07) is 12.4. The normalized spacial score (nSPS) is 11.0. The Bertz CT molecular complexity index is 835. The van der Waals surface area contributed by atoms with E-state index in [2.05, 4.69) is 5.32 Å². The Morgan fingerprint density at radius 3 is 2.52 bits per heavy atom. The van der Waals surface area contributed by atoms with Crippen LogP contribution in [0.5, 0.6) is 0 Å². The summed E-state index contributed by atoms with van der Waals surface area (Å²) >= 11 is 11.9. The van der Waals surface area contributed by atoms with E-state index in [1.165, 1.54) is 6.07 Å². The van der Waals surface area contributed by atoms with E-state index in [4.69, 9.17) is 23.2 Å². The molecule has 0 aromatic heterocycles. The molecule has 2 aromatic rings. The van der Waals surface area contributed by atoms with Crippen LogP contribution in [0, 0.1) is 25.2 Å². The van der Waals surface area contributed by atoms with E-state index in [1.54, 1.807) is 18.2 Å². The number of carbonyl (C=O) groups is 1. The topological polar surface area (TPSA) is 52.9 Å². The van der Waals surface area contributed by atoms with Crippen LogP contribution in [0.3, 0.4) is 0 Å². The number of nitrogens with one attached hydrogen (secondary N) is 1. The van der Waals surface area contributed by atoms with Crippen LogP contribution in [0.4, 0.5) is 5.69 Å². The molecule has 0 heterocycles. The summed E-state index contributed by atoms with van der Waals surface area (Å²) in [7, 11) is 0. The molecule has 0 atom stereocenters. The fourth-order valence-corrected chi connectivity index (χ4v) is 2.29. The van der Waals surface area contributed by atoms with E-state index in [1.807, 2.05) is 38.1 Å². The zero-order chi connectivity index (χ0) is 17.0. The van der Waals surface area contributed by atoms with Crippen molar-refractivity contribution in [2.75, 3.05) is 5.32 Å². The van der Waals surface area contributed by atoms with Crippen molar-refractivity contribution in [1.29, 1.82) is 5.26 Å². The molecule has 3 nitrogen and oxygen atoms in total. The molecule has 1 amide bonds. The molecule has 2 rings (SSSR count). The van der Waals surface area contributed by atoms with Gasteiger partial charge in [0.1, 0.15) is 11.6 Å². The molecule has 0 saturated heterocycles. The lowest BCUT2D eigenvalue weighted by atomic mass is 10.0. The molecule has 0 bridgehead atoms. The molecule has 5 heteroatoms. The summed E-state index contributed by atoms with van der Waals surface area (Å²) in [6.45, 7) is 3.98. The minimum Gasteiger partial charge on any atom is -0.320 e. The fraction of sp³-hybridized carbons (Fsp3) is 0.111. The number of hydrogen-bond donors (Lipinski definition) is 1. The number of amides is 1. The van der Waals surface area contributed by atoms with Crippen LogP contribution in [0.1, 0.15) is 16.7 Å². The second kappa shape index (κ2) is 7.32. The van der Waals surface area contributed by atoms with Gasteiger partial charge in [-0.3, -0.25) is 4.79 Å². The maximum atomic E-state index is 12.3. The van der Waals surface area contributed by atoms with E-state index in [9.17, 15) is 10.1 Å². The van der Waals surface area contributed by atoms with Crippen molar-refractivity contribution in [3.63, 3.8) is 0 Å². The molecular weight excluding hydrogens is 331 g/mol. The number of anilines is 1. The fourth-order valence-electron chi connectivity index (χ4n) is 1.95. The largest absolute Gasteiger partial charge is 0.320 e. The second-order valence-corrected chi connectivity index (χ2v) is 5.94. The minimum atomic E-state index is -0.533. The lowest BCUT2D eigenvalue weighted by molar-refractivity contribution is -0.112. The van der Waals surface area contributed by atoms with Crippen LogP contribution in [-0.4, -0.2) is 5.91 Å². The van der Waals surface area contributed by atoms with Crippen molar-refractivity contribution in [2.45, 2.75) is 13.8 Å². The van der Waals surface area contributed by atoms with Crippen molar-refractivity contribution in [3.8, 4) is 6.07 Å². The van der Waals surface area contributed by atoms with Crippen LogP contribution < -0.4 is 5.32 Å². The van der Waals surface area contributed by atoms with E-state index in [0.717, 1.165) is 16.7 Å². The maximum Gasteiger partial charge on any atom is 0.266 e. The van der Waals surface area contributed by atoms with Gasteiger partial charge < -0.3 is 5.32 Å². The van der Waals surface area contributed by atoms with Crippen LogP contribution in [0.15, 0.2) is 42.0 Å². The number of hydrogen-bond acceptors (Lipinski definition) is 2. The molecule has 0 saturated carbocycles. The molecular formula is C18H14Cl2N2O. The van der Waals surface area contributed by atoms with E-state index < -0.39 is 5.91 Å². The summed E-state index contributed by atoms with van der Waals surface area (Å²) in [5.74, 6) is -0.533. The average Bonchev–Trinajstić information content (AvgIpc) is 2.51. The molecule has 0 radical (unpaired) electrons. The van der Waals surface area contributed by atoms with Crippen LogP contribution >= 0.6 is 23.2 Å². The molecule has 0 aliphatic rings. The van der Waals surface area contributed by atoms with Crippen molar-refractivity contribution < 1.29 is 4.79 Å². The molecule has 0 aliphatic heterocycles. The number of carbonyl (C=O) groups excluding carboxylic acids is 1. The Morgan fingerprint density at radius 2 is 1.87 bits per heavy atom. The molecule has 23 heavy (non-hydrogen) atoms. The first-order valence-corrected chi connectivity index (χ1v) is 7.62.